The fourth-order valence-corrected chi connectivity index (χ4v) is 8.54. The van der Waals surface area contributed by atoms with Gasteiger partial charge in [0.2, 0.25) is 0 Å². The molecule has 0 N–H and O–H groups in total. The Labute approximate surface area is 490 Å². The minimum atomic E-state index is -4.66. The second kappa shape index (κ2) is 59.3. The topological polar surface area (TPSA) is 111 Å². The third-order valence-electron chi connectivity index (χ3n) is 12.5. The number of likely N-dealkylation sites (N-methyl/N-ethyl adjacent to an activating group) is 1. The van der Waals surface area contributed by atoms with Crippen LogP contribution < -0.4 is 4.89 Å². The monoisotopic (exact) mass is 1130 g/mol. The average Bonchev–Trinajstić information content (AvgIpc) is 3.42. The van der Waals surface area contributed by atoms with Gasteiger partial charge in [-0.1, -0.05) is 242 Å². The Hall–Kier alpha value is -4.37. The zero-order chi connectivity index (χ0) is 58.4. The molecule has 0 bridgehead atoms. The van der Waals surface area contributed by atoms with Crippen molar-refractivity contribution in [1.82, 2.24) is 0 Å². The van der Waals surface area contributed by atoms with E-state index in [2.05, 4.69) is 172 Å². The zero-order valence-electron chi connectivity index (χ0n) is 51.2. The fourth-order valence-electron chi connectivity index (χ4n) is 7.82. The first-order chi connectivity index (χ1) is 39.0. The van der Waals surface area contributed by atoms with Crippen LogP contribution in [0.2, 0.25) is 0 Å². The first kappa shape index (κ1) is 75.6. The number of hydrogen-bond donors (Lipinski definition) is 0. The van der Waals surface area contributed by atoms with Gasteiger partial charge >= 0.3 is 11.9 Å². The van der Waals surface area contributed by atoms with Crippen molar-refractivity contribution >= 4 is 19.8 Å². The molecule has 0 rings (SSSR count). The summed E-state index contributed by atoms with van der Waals surface area (Å²) in [5.41, 5.74) is 0. The lowest BCUT2D eigenvalue weighted by atomic mass is 10.0. The minimum Gasteiger partial charge on any atom is -0.756 e. The Morgan fingerprint density at radius 2 is 0.675 bits per heavy atom. The molecule has 10 heteroatoms. The van der Waals surface area contributed by atoms with Gasteiger partial charge in [-0.3, -0.25) is 14.2 Å². The van der Waals surface area contributed by atoms with Crippen molar-refractivity contribution in [3.63, 3.8) is 0 Å². The van der Waals surface area contributed by atoms with Crippen molar-refractivity contribution in [3.05, 3.63) is 158 Å². The summed E-state index contributed by atoms with van der Waals surface area (Å²) in [5, 5.41) is 0. The summed E-state index contributed by atoms with van der Waals surface area (Å²) in [7, 11) is 1.12. The third-order valence-corrected chi connectivity index (χ3v) is 13.5. The predicted molar refractivity (Wildman–Crippen MR) is 341 cm³/mol. The van der Waals surface area contributed by atoms with E-state index in [0.717, 1.165) is 128 Å². The Morgan fingerprint density at radius 3 is 1.01 bits per heavy atom. The molecular weight excluding hydrogens is 1010 g/mol. The van der Waals surface area contributed by atoms with Gasteiger partial charge in [-0.15, -0.1) is 0 Å². The van der Waals surface area contributed by atoms with E-state index in [0.29, 0.717) is 23.9 Å². The van der Waals surface area contributed by atoms with Gasteiger partial charge < -0.3 is 27.9 Å². The van der Waals surface area contributed by atoms with Gasteiger partial charge in [0.1, 0.15) is 19.8 Å². The Bertz CT molecular complexity index is 1900. The normalized spacial score (nSPS) is 14.3. The first-order valence-electron chi connectivity index (χ1n) is 31.2. The number of phosphoric ester groups is 1. The number of ether oxygens (including phenoxy) is 2. The van der Waals surface area contributed by atoms with E-state index in [-0.39, 0.29) is 26.1 Å². The highest BCUT2D eigenvalue weighted by Crippen LogP contribution is 2.38. The molecule has 0 aliphatic carbocycles. The summed E-state index contributed by atoms with van der Waals surface area (Å²) in [5.74, 6) is -0.884. The number of esters is 2. The number of carbonyl (C=O) groups excluding carboxylic acids is 2. The molecule has 2 unspecified atom stereocenters. The lowest BCUT2D eigenvalue weighted by Crippen LogP contribution is -2.37. The molecule has 0 aliphatic heterocycles. The number of rotatable bonds is 55. The molecule has 9 nitrogen and oxygen atoms in total. The first-order valence-corrected chi connectivity index (χ1v) is 32.7. The van der Waals surface area contributed by atoms with Crippen molar-refractivity contribution in [2.45, 2.75) is 225 Å². The molecular formula is C70H114NO8P. The van der Waals surface area contributed by atoms with Gasteiger partial charge in [-0.05, 0) is 122 Å². The number of quaternary nitrogens is 1. The van der Waals surface area contributed by atoms with Gasteiger partial charge in [0.05, 0.1) is 27.7 Å². The fraction of sp³-hybridized carbons (Fsp3) is 0.600. The van der Waals surface area contributed by atoms with Gasteiger partial charge in [0.15, 0.2) is 6.10 Å². The molecule has 0 saturated heterocycles. The molecule has 80 heavy (non-hydrogen) atoms. The summed E-state index contributed by atoms with van der Waals surface area (Å²) in [6.07, 6.45) is 88.7. The minimum absolute atomic E-state index is 0.0450. The lowest BCUT2D eigenvalue weighted by molar-refractivity contribution is -0.870. The van der Waals surface area contributed by atoms with Crippen LogP contribution in [0.4, 0.5) is 0 Å². The number of hydrogen-bond acceptors (Lipinski definition) is 8. The number of unbranched alkanes of at least 4 members (excludes halogenated alkanes) is 15. The molecule has 0 fully saturated rings. The highest BCUT2D eigenvalue weighted by atomic mass is 31.2. The Balaban J connectivity index is 4.15. The largest absolute Gasteiger partial charge is 0.756 e. The maximum Gasteiger partial charge on any atom is 0.306 e. The van der Waals surface area contributed by atoms with E-state index < -0.39 is 32.5 Å². The van der Waals surface area contributed by atoms with E-state index in [9.17, 15) is 19.0 Å². The predicted octanol–water partition coefficient (Wildman–Crippen LogP) is 19.4. The van der Waals surface area contributed by atoms with Crippen LogP contribution in [0.15, 0.2) is 158 Å². The Kier molecular flexibility index (Phi) is 56.0. The van der Waals surface area contributed by atoms with Crippen molar-refractivity contribution in [3.8, 4) is 0 Å². The van der Waals surface area contributed by atoms with E-state index in [4.69, 9.17) is 18.5 Å². The van der Waals surface area contributed by atoms with Crippen LogP contribution in [0.25, 0.3) is 0 Å². The molecule has 0 aromatic rings. The molecule has 0 saturated carbocycles. The standard InChI is InChI=1S/C70H114NO8P/c1-6-8-10-12-14-16-18-20-22-24-26-27-28-29-30-31-32-33-34-35-36-37-38-39-40-41-42-43-45-47-49-51-53-55-57-59-61-63-70(73)79-68(67-78-80(74,75)77-65-64-71(3,4)5)66-76-69(72)62-60-58-56-54-52-50-48-46-44-25-23-21-19-17-15-13-11-9-7-2/h8-11,14-17,20-23,26-27,29-30,32-33,35-36,38-39,44,46,50,52,68H,6-7,12-13,18-19,24-25,28,31,34,37,40-43,45,47-49,51,53-67H2,1-5H3/b10-8-,11-9-,16-14-,17-15-,22-20-,23-21-,27-26-,30-29-,33-32-,36-35-,39-38-,46-44-,52-50-. The second-order valence-electron chi connectivity index (χ2n) is 21.3. The average molecular weight is 1130 g/mol. The van der Waals surface area contributed by atoms with Crippen LogP contribution in [0.3, 0.4) is 0 Å². The molecule has 0 radical (unpaired) electrons. The molecule has 2 atom stereocenters. The number of allylic oxidation sites excluding steroid dienone is 26. The van der Waals surface area contributed by atoms with Crippen LogP contribution in [0.5, 0.6) is 0 Å². The van der Waals surface area contributed by atoms with E-state index in [1.807, 2.05) is 21.1 Å². The van der Waals surface area contributed by atoms with Crippen molar-refractivity contribution in [2.24, 2.45) is 0 Å². The smallest absolute Gasteiger partial charge is 0.306 e. The summed E-state index contributed by atoms with van der Waals surface area (Å²) >= 11 is 0. The van der Waals surface area contributed by atoms with Gasteiger partial charge in [-0.25, -0.2) is 0 Å². The molecule has 0 aromatic carbocycles. The van der Waals surface area contributed by atoms with E-state index in [1.54, 1.807) is 0 Å². The quantitative estimate of drug-likeness (QED) is 0.0195. The van der Waals surface area contributed by atoms with Crippen molar-refractivity contribution in [2.75, 3.05) is 47.5 Å². The van der Waals surface area contributed by atoms with E-state index in [1.165, 1.54) is 51.4 Å². The third kappa shape index (κ3) is 62.8. The molecule has 0 aromatic heterocycles. The molecule has 0 heterocycles. The van der Waals surface area contributed by atoms with Crippen LogP contribution in [-0.4, -0.2) is 70.0 Å². The van der Waals surface area contributed by atoms with Crippen molar-refractivity contribution in [1.29, 1.82) is 0 Å². The Morgan fingerprint density at radius 1 is 0.388 bits per heavy atom. The highest BCUT2D eigenvalue weighted by molar-refractivity contribution is 7.45. The summed E-state index contributed by atoms with van der Waals surface area (Å²) in [6, 6.07) is 0. The van der Waals surface area contributed by atoms with Gasteiger partial charge in [0, 0.05) is 12.8 Å². The molecule has 0 spiro atoms. The van der Waals surface area contributed by atoms with Crippen LogP contribution in [-0.2, 0) is 32.7 Å². The number of nitrogens with zero attached hydrogens (tertiary/aromatic N) is 1. The molecule has 0 aliphatic rings. The van der Waals surface area contributed by atoms with Gasteiger partial charge in [-0.2, -0.15) is 0 Å². The summed E-state index contributed by atoms with van der Waals surface area (Å²) in [4.78, 5) is 37.9. The second-order valence-corrected chi connectivity index (χ2v) is 22.7. The van der Waals surface area contributed by atoms with E-state index >= 15 is 0 Å². The molecule has 0 amide bonds. The highest BCUT2D eigenvalue weighted by Gasteiger charge is 2.22. The summed E-state index contributed by atoms with van der Waals surface area (Å²) < 4.78 is 34.1. The van der Waals surface area contributed by atoms with Crippen LogP contribution >= 0.6 is 7.82 Å². The number of carbonyl (C=O) groups is 2. The van der Waals surface area contributed by atoms with Crippen molar-refractivity contribution < 1.29 is 42.1 Å². The number of phosphoric acid groups is 1. The molecule has 452 valence electrons. The van der Waals surface area contributed by atoms with Crippen LogP contribution in [0, 0.1) is 0 Å². The zero-order valence-corrected chi connectivity index (χ0v) is 52.1. The summed E-state index contributed by atoms with van der Waals surface area (Å²) in [6.45, 7) is 3.95. The van der Waals surface area contributed by atoms with Crippen LogP contribution in [0.1, 0.15) is 219 Å². The SMILES string of the molecule is CC/C=C\C/C=C\C/C=C\C/C=C\C/C=C\C/C=C\C/C=C\C/C=C\CCCCCCCCCCCCCCC(=O)OC(COC(=O)CCCCC/C=C\C/C=C\C/C=C\C/C=C\C/C=C\CC)COP(=O)([O-])OCC[N+](C)(C)C. The van der Waals surface area contributed by atoms with Gasteiger partial charge in [0.25, 0.3) is 7.82 Å². The maximum atomic E-state index is 12.8. The maximum absolute atomic E-state index is 12.8. The lowest BCUT2D eigenvalue weighted by Gasteiger charge is -2.28.